The van der Waals surface area contributed by atoms with Crippen molar-refractivity contribution in [3.8, 4) is 0 Å². The van der Waals surface area contributed by atoms with Crippen molar-refractivity contribution in [1.29, 1.82) is 0 Å². The first kappa shape index (κ1) is 5.58. The molecule has 1 saturated carbocycles. The lowest BCUT2D eigenvalue weighted by Crippen LogP contribution is -1.87. The molecule has 0 aliphatic heterocycles. The van der Waals surface area contributed by atoms with Crippen LogP contribution < -0.4 is 0 Å². The fraction of sp³-hybridized carbons (Fsp3) is 0.444. The minimum absolute atomic E-state index is 0.739. The van der Waals surface area contributed by atoms with Gasteiger partial charge < -0.3 is 0 Å². The molecule has 3 rings (SSSR count). The predicted molar refractivity (Wildman–Crippen MR) is 42.2 cm³/mol. The van der Waals surface area contributed by atoms with Gasteiger partial charge in [0.05, 0.1) is 6.20 Å². The molecule has 0 amide bonds. The molecule has 0 bridgehead atoms. The molecule has 0 radical (unpaired) electrons. The van der Waals surface area contributed by atoms with E-state index in [0.29, 0.717) is 0 Å². The SMILES string of the molecule is C=CC1C2Cc3cn[nH]c3C12. The molecule has 3 atom stereocenters. The van der Waals surface area contributed by atoms with Gasteiger partial charge in [0.25, 0.3) is 0 Å². The fourth-order valence-electron chi connectivity index (χ4n) is 2.42. The molecule has 0 spiro atoms. The first-order valence-electron chi connectivity index (χ1n) is 4.06. The number of hydrogen-bond acceptors (Lipinski definition) is 1. The van der Waals surface area contributed by atoms with Gasteiger partial charge in [-0.05, 0) is 23.8 Å². The van der Waals surface area contributed by atoms with Crippen LogP contribution in [0.4, 0.5) is 0 Å². The van der Waals surface area contributed by atoms with Gasteiger partial charge in [0, 0.05) is 11.6 Å². The first-order valence-corrected chi connectivity index (χ1v) is 4.06. The summed E-state index contributed by atoms with van der Waals surface area (Å²) in [6, 6.07) is 0. The summed E-state index contributed by atoms with van der Waals surface area (Å²) in [6.07, 6.45) is 5.26. The molecular formula is C9H10N2. The van der Waals surface area contributed by atoms with Gasteiger partial charge in [-0.25, -0.2) is 0 Å². The van der Waals surface area contributed by atoms with Crippen molar-refractivity contribution < 1.29 is 0 Å². The maximum atomic E-state index is 4.03. The summed E-state index contributed by atoms with van der Waals surface area (Å²) < 4.78 is 0. The van der Waals surface area contributed by atoms with Crippen LogP contribution in [0.25, 0.3) is 0 Å². The summed E-state index contributed by atoms with van der Waals surface area (Å²) in [4.78, 5) is 0. The van der Waals surface area contributed by atoms with Crippen molar-refractivity contribution in [3.05, 3.63) is 30.1 Å². The van der Waals surface area contributed by atoms with Crippen LogP contribution in [0.5, 0.6) is 0 Å². The second-order valence-electron chi connectivity index (χ2n) is 3.52. The van der Waals surface area contributed by atoms with Crippen molar-refractivity contribution in [2.75, 3.05) is 0 Å². The van der Waals surface area contributed by atoms with Crippen LogP contribution in [-0.2, 0) is 6.42 Å². The Kier molecular flexibility index (Phi) is 0.799. The average molecular weight is 146 g/mol. The maximum absolute atomic E-state index is 4.03. The highest BCUT2D eigenvalue weighted by Crippen LogP contribution is 2.61. The molecule has 3 unspecified atom stereocenters. The molecule has 1 heterocycles. The highest BCUT2D eigenvalue weighted by atomic mass is 15.1. The number of hydrogen-bond donors (Lipinski definition) is 1. The largest absolute Gasteiger partial charge is 0.282 e. The summed E-state index contributed by atoms with van der Waals surface area (Å²) in [6.45, 7) is 3.83. The molecular weight excluding hydrogens is 136 g/mol. The van der Waals surface area contributed by atoms with Gasteiger partial charge in [0.15, 0.2) is 0 Å². The lowest BCUT2D eigenvalue weighted by Gasteiger charge is -1.94. The Morgan fingerprint density at radius 1 is 1.73 bits per heavy atom. The highest BCUT2D eigenvalue weighted by Gasteiger charge is 2.54. The zero-order valence-electron chi connectivity index (χ0n) is 6.25. The third kappa shape index (κ3) is 0.516. The lowest BCUT2D eigenvalue weighted by atomic mass is 10.1. The molecule has 2 nitrogen and oxygen atoms in total. The van der Waals surface area contributed by atoms with Crippen molar-refractivity contribution in [3.63, 3.8) is 0 Å². The normalized spacial score (nSPS) is 38.0. The van der Waals surface area contributed by atoms with Crippen LogP contribution in [0.2, 0.25) is 0 Å². The Morgan fingerprint density at radius 2 is 2.64 bits per heavy atom. The molecule has 11 heavy (non-hydrogen) atoms. The van der Waals surface area contributed by atoms with Crippen molar-refractivity contribution in [2.24, 2.45) is 11.8 Å². The predicted octanol–water partition coefficient (Wildman–Crippen LogP) is 1.48. The van der Waals surface area contributed by atoms with E-state index in [9.17, 15) is 0 Å². The number of aromatic amines is 1. The number of fused-ring (bicyclic) bond motifs is 3. The Labute approximate surface area is 65.3 Å². The Hall–Kier alpha value is -1.05. The monoisotopic (exact) mass is 146 g/mol. The van der Waals surface area contributed by atoms with Gasteiger partial charge >= 0.3 is 0 Å². The van der Waals surface area contributed by atoms with E-state index >= 15 is 0 Å². The van der Waals surface area contributed by atoms with E-state index in [4.69, 9.17) is 0 Å². The van der Waals surface area contributed by atoms with E-state index in [2.05, 4.69) is 22.9 Å². The topological polar surface area (TPSA) is 28.7 Å². The van der Waals surface area contributed by atoms with Crippen LogP contribution >= 0.6 is 0 Å². The molecule has 0 saturated heterocycles. The minimum Gasteiger partial charge on any atom is -0.282 e. The Bertz CT molecular complexity index is 313. The smallest absolute Gasteiger partial charge is 0.0522 e. The molecule has 2 aliphatic carbocycles. The van der Waals surface area contributed by atoms with E-state index in [0.717, 1.165) is 17.8 Å². The van der Waals surface area contributed by atoms with Gasteiger partial charge in [0.2, 0.25) is 0 Å². The van der Waals surface area contributed by atoms with Crippen molar-refractivity contribution in [1.82, 2.24) is 10.2 Å². The first-order chi connectivity index (χ1) is 5.42. The standard InChI is InChI=1S/C9H10N2/c1-2-6-7-3-5-4-10-11-9(5)8(6)7/h2,4,6-8H,1,3H2,(H,10,11). The van der Waals surface area contributed by atoms with Gasteiger partial charge in [-0.15, -0.1) is 6.58 Å². The molecule has 0 aromatic carbocycles. The van der Waals surface area contributed by atoms with Crippen molar-refractivity contribution >= 4 is 0 Å². The Morgan fingerprint density at radius 3 is 3.45 bits per heavy atom. The third-order valence-electron chi connectivity index (χ3n) is 3.04. The second-order valence-corrected chi connectivity index (χ2v) is 3.52. The van der Waals surface area contributed by atoms with Crippen LogP contribution in [0.15, 0.2) is 18.9 Å². The van der Waals surface area contributed by atoms with E-state index in [1.54, 1.807) is 0 Å². The van der Waals surface area contributed by atoms with E-state index in [1.165, 1.54) is 17.7 Å². The van der Waals surface area contributed by atoms with Crippen LogP contribution in [-0.4, -0.2) is 10.2 Å². The number of nitrogens with one attached hydrogen (secondary N) is 1. The zero-order chi connectivity index (χ0) is 7.42. The van der Waals surface area contributed by atoms with E-state index in [-0.39, 0.29) is 0 Å². The van der Waals surface area contributed by atoms with Crippen LogP contribution in [0.3, 0.4) is 0 Å². The molecule has 2 aliphatic rings. The quantitative estimate of drug-likeness (QED) is 0.597. The van der Waals surface area contributed by atoms with Gasteiger partial charge in [-0.3, -0.25) is 5.10 Å². The number of H-pyrrole nitrogens is 1. The molecule has 1 fully saturated rings. The van der Waals surface area contributed by atoms with Gasteiger partial charge in [-0.2, -0.15) is 5.10 Å². The molecule has 1 aromatic rings. The number of rotatable bonds is 1. The molecule has 1 N–H and O–H groups in total. The highest BCUT2D eigenvalue weighted by molar-refractivity contribution is 5.39. The molecule has 2 heteroatoms. The zero-order valence-corrected chi connectivity index (χ0v) is 6.25. The van der Waals surface area contributed by atoms with Crippen LogP contribution in [0.1, 0.15) is 17.2 Å². The molecule has 56 valence electrons. The lowest BCUT2D eigenvalue weighted by molar-refractivity contribution is 0.798. The summed E-state index contributed by atoms with van der Waals surface area (Å²) in [5, 5.41) is 7.11. The summed E-state index contributed by atoms with van der Waals surface area (Å²) in [5.74, 6) is 2.34. The number of allylic oxidation sites excluding steroid dienone is 1. The van der Waals surface area contributed by atoms with Crippen molar-refractivity contribution in [2.45, 2.75) is 12.3 Å². The summed E-state index contributed by atoms with van der Waals surface area (Å²) in [7, 11) is 0. The van der Waals surface area contributed by atoms with E-state index < -0.39 is 0 Å². The van der Waals surface area contributed by atoms with Crippen LogP contribution in [0, 0.1) is 11.8 Å². The van der Waals surface area contributed by atoms with Gasteiger partial charge in [0.1, 0.15) is 0 Å². The maximum Gasteiger partial charge on any atom is 0.0522 e. The summed E-state index contributed by atoms with van der Waals surface area (Å²) >= 11 is 0. The van der Waals surface area contributed by atoms with E-state index in [1.807, 2.05) is 6.20 Å². The van der Waals surface area contributed by atoms with Gasteiger partial charge in [-0.1, -0.05) is 6.08 Å². The Balaban J connectivity index is 2.05. The average Bonchev–Trinajstić information content (AvgIpc) is 2.45. The second kappa shape index (κ2) is 1.58. The summed E-state index contributed by atoms with van der Waals surface area (Å²) in [5.41, 5.74) is 2.80. The number of nitrogens with zero attached hydrogens (tertiary/aromatic N) is 1. The minimum atomic E-state index is 0.739. The third-order valence-corrected chi connectivity index (χ3v) is 3.04. The number of aromatic nitrogens is 2. The molecule has 1 aromatic heterocycles. The fourth-order valence-corrected chi connectivity index (χ4v) is 2.42.